The highest BCUT2D eigenvalue weighted by Crippen LogP contribution is 2.26. The number of benzene rings is 1. The molecule has 2 unspecified atom stereocenters. The summed E-state index contributed by atoms with van der Waals surface area (Å²) in [4.78, 5) is 14.8. The summed E-state index contributed by atoms with van der Waals surface area (Å²) in [6.07, 6.45) is 3.60. The van der Waals surface area contributed by atoms with E-state index >= 15 is 0 Å². The monoisotopic (exact) mass is 259 g/mol. The molecule has 19 heavy (non-hydrogen) atoms. The van der Waals surface area contributed by atoms with E-state index in [2.05, 4.69) is 32.6 Å². The zero-order chi connectivity index (χ0) is 14.0. The van der Waals surface area contributed by atoms with Gasteiger partial charge in [-0.2, -0.15) is 0 Å². The molecule has 2 rings (SSSR count). The predicted octanol–water partition coefficient (Wildman–Crippen LogP) is 3.75. The first-order chi connectivity index (χ1) is 9.02. The van der Waals surface area contributed by atoms with Gasteiger partial charge >= 0.3 is 0 Å². The second-order valence-corrected chi connectivity index (χ2v) is 5.88. The Morgan fingerprint density at radius 1 is 1.26 bits per heavy atom. The first kappa shape index (κ1) is 14.3. The molecule has 0 spiro atoms. The number of hydrogen-bond donors (Lipinski definition) is 0. The van der Waals surface area contributed by atoms with Crippen LogP contribution in [0.5, 0.6) is 0 Å². The van der Waals surface area contributed by atoms with Crippen LogP contribution in [0.3, 0.4) is 0 Å². The van der Waals surface area contributed by atoms with E-state index in [1.165, 1.54) is 24.0 Å². The van der Waals surface area contributed by atoms with Crippen molar-refractivity contribution < 1.29 is 4.79 Å². The minimum absolute atomic E-state index is 0.260. The van der Waals surface area contributed by atoms with Crippen molar-refractivity contribution in [2.24, 2.45) is 0 Å². The van der Waals surface area contributed by atoms with Gasteiger partial charge < -0.3 is 0 Å². The topological polar surface area (TPSA) is 20.3 Å². The molecule has 2 atom stereocenters. The highest BCUT2D eigenvalue weighted by Gasteiger charge is 2.30. The van der Waals surface area contributed by atoms with Crippen molar-refractivity contribution in [3.8, 4) is 0 Å². The lowest BCUT2D eigenvalue weighted by atomic mass is 10.0. The average Bonchev–Trinajstić information content (AvgIpc) is 2.74. The van der Waals surface area contributed by atoms with Gasteiger partial charge in [-0.3, -0.25) is 9.69 Å². The quantitative estimate of drug-likeness (QED) is 0.768. The molecule has 2 heteroatoms. The number of likely N-dealkylation sites (tertiary alicyclic amines) is 1. The maximum Gasteiger partial charge on any atom is 0.176 e. The van der Waals surface area contributed by atoms with E-state index in [4.69, 9.17) is 0 Å². The molecule has 1 fully saturated rings. The maximum absolute atomic E-state index is 12.4. The van der Waals surface area contributed by atoms with Gasteiger partial charge in [-0.1, -0.05) is 19.1 Å². The first-order valence-electron chi connectivity index (χ1n) is 7.39. The molecule has 1 aliphatic heterocycles. The first-order valence-corrected chi connectivity index (χ1v) is 7.39. The smallest absolute Gasteiger partial charge is 0.176 e. The summed E-state index contributed by atoms with van der Waals surface area (Å²) < 4.78 is 0. The van der Waals surface area contributed by atoms with Gasteiger partial charge in [-0.15, -0.1) is 0 Å². The molecule has 0 aromatic heterocycles. The standard InChI is InChI=1S/C17H25NO/c1-5-16-9-7-14(4)18(16)11-17(19)15-8-6-12(2)13(3)10-15/h6,8,10,14,16H,5,7,9,11H2,1-4H3. The van der Waals surface area contributed by atoms with Gasteiger partial charge in [-0.25, -0.2) is 0 Å². The molecular formula is C17H25NO. The van der Waals surface area contributed by atoms with Crippen LogP contribution in [0.1, 0.15) is 54.6 Å². The van der Waals surface area contributed by atoms with Crippen molar-refractivity contribution in [2.75, 3.05) is 6.54 Å². The van der Waals surface area contributed by atoms with E-state index in [0.717, 1.165) is 12.0 Å². The SMILES string of the molecule is CCC1CCC(C)N1CC(=O)c1ccc(C)c(C)c1. The molecule has 2 nitrogen and oxygen atoms in total. The zero-order valence-electron chi connectivity index (χ0n) is 12.6. The number of hydrogen-bond acceptors (Lipinski definition) is 2. The van der Waals surface area contributed by atoms with Crippen LogP contribution in [-0.2, 0) is 0 Å². The van der Waals surface area contributed by atoms with E-state index in [-0.39, 0.29) is 5.78 Å². The highest BCUT2D eigenvalue weighted by atomic mass is 16.1. The summed E-state index contributed by atoms with van der Waals surface area (Å²) in [7, 11) is 0. The lowest BCUT2D eigenvalue weighted by Gasteiger charge is -2.26. The average molecular weight is 259 g/mol. The molecule has 104 valence electrons. The van der Waals surface area contributed by atoms with Crippen molar-refractivity contribution in [3.63, 3.8) is 0 Å². The van der Waals surface area contributed by atoms with E-state index in [9.17, 15) is 4.79 Å². The fourth-order valence-electron chi connectivity index (χ4n) is 3.02. The third-order valence-electron chi connectivity index (χ3n) is 4.58. The molecule has 1 aliphatic rings. The summed E-state index contributed by atoms with van der Waals surface area (Å²) in [5.41, 5.74) is 3.31. The normalized spacial score (nSPS) is 23.8. The van der Waals surface area contributed by atoms with Gasteiger partial charge in [0.2, 0.25) is 0 Å². The number of aryl methyl sites for hydroxylation is 2. The number of nitrogens with zero attached hydrogens (tertiary/aromatic N) is 1. The second kappa shape index (κ2) is 5.87. The lowest BCUT2D eigenvalue weighted by molar-refractivity contribution is 0.0889. The molecule has 0 bridgehead atoms. The highest BCUT2D eigenvalue weighted by molar-refractivity contribution is 5.97. The Morgan fingerprint density at radius 3 is 2.63 bits per heavy atom. The molecule has 0 radical (unpaired) electrons. The number of rotatable bonds is 4. The van der Waals surface area contributed by atoms with Gasteiger partial charge in [0.1, 0.15) is 0 Å². The molecule has 0 N–H and O–H groups in total. The summed E-state index contributed by atoms with van der Waals surface area (Å²) in [5, 5.41) is 0. The van der Waals surface area contributed by atoms with Crippen LogP contribution < -0.4 is 0 Å². The van der Waals surface area contributed by atoms with Crippen LogP contribution in [0.15, 0.2) is 18.2 Å². The number of carbonyl (C=O) groups is 1. The third kappa shape index (κ3) is 3.06. The molecular weight excluding hydrogens is 234 g/mol. The van der Waals surface area contributed by atoms with E-state index in [1.807, 2.05) is 18.2 Å². The van der Waals surface area contributed by atoms with Gasteiger partial charge in [0, 0.05) is 17.6 Å². The number of Topliss-reactive ketones (excluding diaryl/α,β-unsaturated/α-hetero) is 1. The van der Waals surface area contributed by atoms with E-state index < -0.39 is 0 Å². The van der Waals surface area contributed by atoms with Crippen LogP contribution in [0.25, 0.3) is 0 Å². The van der Waals surface area contributed by atoms with Crippen LogP contribution in [0.2, 0.25) is 0 Å². The van der Waals surface area contributed by atoms with Crippen molar-refractivity contribution in [2.45, 2.75) is 59.0 Å². The Balaban J connectivity index is 2.09. The molecule has 0 saturated carbocycles. The van der Waals surface area contributed by atoms with Gasteiger partial charge in [-0.05, 0) is 57.2 Å². The zero-order valence-corrected chi connectivity index (χ0v) is 12.6. The minimum Gasteiger partial charge on any atom is -0.293 e. The second-order valence-electron chi connectivity index (χ2n) is 5.88. The molecule has 1 aromatic rings. The van der Waals surface area contributed by atoms with Crippen LogP contribution in [-0.4, -0.2) is 29.3 Å². The van der Waals surface area contributed by atoms with Crippen molar-refractivity contribution in [1.82, 2.24) is 4.90 Å². The fraction of sp³-hybridized carbons (Fsp3) is 0.588. The third-order valence-corrected chi connectivity index (χ3v) is 4.58. The molecule has 0 aliphatic carbocycles. The Labute approximate surface area is 116 Å². The Hall–Kier alpha value is -1.15. The van der Waals surface area contributed by atoms with Gasteiger partial charge in [0.25, 0.3) is 0 Å². The van der Waals surface area contributed by atoms with Crippen LogP contribution >= 0.6 is 0 Å². The predicted molar refractivity (Wildman–Crippen MR) is 79.7 cm³/mol. The summed E-state index contributed by atoms with van der Waals surface area (Å²) in [6, 6.07) is 7.17. The van der Waals surface area contributed by atoms with E-state index in [1.54, 1.807) is 0 Å². The fourth-order valence-corrected chi connectivity index (χ4v) is 3.02. The van der Waals surface area contributed by atoms with Crippen LogP contribution in [0, 0.1) is 13.8 Å². The summed E-state index contributed by atoms with van der Waals surface area (Å²) >= 11 is 0. The Kier molecular flexibility index (Phi) is 4.41. The van der Waals surface area contributed by atoms with Crippen molar-refractivity contribution in [1.29, 1.82) is 0 Å². The molecule has 1 aromatic carbocycles. The molecule has 1 heterocycles. The van der Waals surface area contributed by atoms with Gasteiger partial charge in [0.15, 0.2) is 5.78 Å². The number of ketones is 1. The maximum atomic E-state index is 12.4. The lowest BCUT2D eigenvalue weighted by Crippen LogP contribution is -2.38. The Morgan fingerprint density at radius 2 is 2.00 bits per heavy atom. The van der Waals surface area contributed by atoms with Gasteiger partial charge in [0.05, 0.1) is 6.54 Å². The van der Waals surface area contributed by atoms with Crippen molar-refractivity contribution in [3.05, 3.63) is 34.9 Å². The number of carbonyl (C=O) groups excluding carboxylic acids is 1. The van der Waals surface area contributed by atoms with Crippen molar-refractivity contribution >= 4 is 5.78 Å². The Bertz CT molecular complexity index is 466. The van der Waals surface area contributed by atoms with Crippen LogP contribution in [0.4, 0.5) is 0 Å². The van der Waals surface area contributed by atoms with E-state index in [0.29, 0.717) is 18.6 Å². The minimum atomic E-state index is 0.260. The summed E-state index contributed by atoms with van der Waals surface area (Å²) in [5.74, 6) is 0.260. The molecule has 1 saturated heterocycles. The molecule has 0 amide bonds. The summed E-state index contributed by atoms with van der Waals surface area (Å²) in [6.45, 7) is 9.18. The largest absolute Gasteiger partial charge is 0.293 e.